The third-order valence-corrected chi connectivity index (χ3v) is 8.11. The molecule has 1 amide bonds. The Hall–Kier alpha value is -2.97. The number of carbonyl (C=O) groups is 1. The highest BCUT2D eigenvalue weighted by Gasteiger charge is 2.28. The first kappa shape index (κ1) is 21.6. The molecule has 0 atom stereocenters. The van der Waals surface area contributed by atoms with Crippen molar-refractivity contribution in [2.75, 3.05) is 23.3 Å². The smallest absolute Gasteiger partial charge is 0.258 e. The van der Waals surface area contributed by atoms with Crippen LogP contribution in [-0.2, 0) is 7.05 Å². The number of rotatable bonds is 5. The molecule has 2 aliphatic rings. The number of nitrogens with zero attached hydrogens (tertiary/aromatic N) is 4. The number of hydrogen-bond donors (Lipinski definition) is 2. The number of anilines is 2. The SMILES string of the molecule is Cc1cc2cc(NC(=O)c3ccc(N4CCC(NC5CC5)CC4)c4cn(C)nc34)sc2c(C)n1. The van der Waals surface area contributed by atoms with Crippen molar-refractivity contribution < 1.29 is 4.79 Å². The van der Waals surface area contributed by atoms with Gasteiger partial charge in [-0.05, 0) is 69.2 Å². The van der Waals surface area contributed by atoms with E-state index in [-0.39, 0.29) is 5.91 Å². The molecule has 0 bridgehead atoms. The second-order valence-electron chi connectivity index (χ2n) is 9.73. The van der Waals surface area contributed by atoms with Crippen LogP contribution in [0.4, 0.5) is 10.7 Å². The average Bonchev–Trinajstić information content (AvgIpc) is 3.38. The standard InChI is InChI=1S/C26H30N6OS/c1-15-12-17-13-23(34-25(17)16(2)27-15)29-26(33)20-6-7-22(21-14-31(3)30-24(20)21)32-10-8-19(9-11-32)28-18-4-5-18/h6-7,12-14,18-19,28H,4-5,8-11H2,1-3H3,(H,29,33). The molecule has 6 rings (SSSR count). The predicted molar refractivity (Wildman–Crippen MR) is 139 cm³/mol. The molecule has 3 aromatic heterocycles. The zero-order valence-electron chi connectivity index (χ0n) is 19.9. The second-order valence-corrected chi connectivity index (χ2v) is 10.8. The fraction of sp³-hybridized carbons (Fsp3) is 0.423. The van der Waals surface area contributed by atoms with Crippen molar-refractivity contribution in [1.29, 1.82) is 0 Å². The van der Waals surface area contributed by atoms with E-state index in [2.05, 4.69) is 37.7 Å². The summed E-state index contributed by atoms with van der Waals surface area (Å²) in [6, 6.07) is 9.49. The van der Waals surface area contributed by atoms with E-state index in [9.17, 15) is 4.79 Å². The van der Waals surface area contributed by atoms with Crippen LogP contribution in [0.5, 0.6) is 0 Å². The average molecular weight is 475 g/mol. The normalized spacial score (nSPS) is 17.1. The third-order valence-electron chi connectivity index (χ3n) is 6.93. The van der Waals surface area contributed by atoms with Crippen LogP contribution >= 0.6 is 11.3 Å². The summed E-state index contributed by atoms with van der Waals surface area (Å²) in [5, 5.41) is 14.5. The molecule has 4 heterocycles. The van der Waals surface area contributed by atoms with Crippen molar-refractivity contribution in [3.8, 4) is 0 Å². The zero-order valence-corrected chi connectivity index (χ0v) is 20.7. The number of thiophene rings is 1. The van der Waals surface area contributed by atoms with Crippen molar-refractivity contribution in [1.82, 2.24) is 20.1 Å². The molecule has 2 fully saturated rings. The predicted octanol–water partition coefficient (Wildman–Crippen LogP) is 4.77. The summed E-state index contributed by atoms with van der Waals surface area (Å²) in [5.41, 5.74) is 4.51. The molecule has 1 aliphatic heterocycles. The minimum atomic E-state index is -0.128. The van der Waals surface area contributed by atoms with Gasteiger partial charge in [-0.1, -0.05) is 0 Å². The van der Waals surface area contributed by atoms with Gasteiger partial charge >= 0.3 is 0 Å². The highest BCUT2D eigenvalue weighted by atomic mass is 32.1. The number of carbonyl (C=O) groups excluding carboxylic acids is 1. The minimum Gasteiger partial charge on any atom is -0.371 e. The highest BCUT2D eigenvalue weighted by Crippen LogP contribution is 2.34. The lowest BCUT2D eigenvalue weighted by Gasteiger charge is -2.34. The molecule has 2 N–H and O–H groups in total. The van der Waals surface area contributed by atoms with Crippen LogP contribution in [0.25, 0.3) is 21.0 Å². The van der Waals surface area contributed by atoms with Gasteiger partial charge in [-0.3, -0.25) is 14.5 Å². The summed E-state index contributed by atoms with van der Waals surface area (Å²) in [5.74, 6) is -0.128. The molecule has 1 saturated carbocycles. The van der Waals surface area contributed by atoms with Crippen LogP contribution in [0.15, 0.2) is 30.5 Å². The van der Waals surface area contributed by atoms with Gasteiger partial charge in [-0.15, -0.1) is 11.3 Å². The lowest BCUT2D eigenvalue weighted by molar-refractivity contribution is 0.102. The van der Waals surface area contributed by atoms with Crippen molar-refractivity contribution in [2.24, 2.45) is 7.05 Å². The van der Waals surface area contributed by atoms with E-state index in [0.717, 1.165) is 69.4 Å². The molecule has 0 unspecified atom stereocenters. The molecular formula is C26H30N6OS. The summed E-state index contributed by atoms with van der Waals surface area (Å²) in [7, 11) is 1.92. The molecule has 7 nitrogen and oxygen atoms in total. The van der Waals surface area contributed by atoms with Gasteiger partial charge in [0.05, 0.1) is 21.0 Å². The Balaban J connectivity index is 1.26. The largest absolute Gasteiger partial charge is 0.371 e. The Bertz CT molecular complexity index is 1390. The Morgan fingerprint density at radius 1 is 1.09 bits per heavy atom. The van der Waals surface area contributed by atoms with E-state index < -0.39 is 0 Å². The maximum absolute atomic E-state index is 13.3. The van der Waals surface area contributed by atoms with Crippen molar-refractivity contribution >= 4 is 48.9 Å². The molecule has 0 radical (unpaired) electrons. The number of pyridine rings is 1. The number of aryl methyl sites for hydroxylation is 3. The van der Waals surface area contributed by atoms with Gasteiger partial charge in [-0.2, -0.15) is 5.10 Å². The first-order valence-corrected chi connectivity index (χ1v) is 12.9. The van der Waals surface area contributed by atoms with Gasteiger partial charge in [0.25, 0.3) is 5.91 Å². The number of fused-ring (bicyclic) bond motifs is 2. The number of nitrogens with one attached hydrogen (secondary N) is 2. The van der Waals surface area contributed by atoms with Crippen LogP contribution in [0.1, 0.15) is 47.4 Å². The van der Waals surface area contributed by atoms with Crippen LogP contribution < -0.4 is 15.5 Å². The molecule has 0 spiro atoms. The molecule has 1 aliphatic carbocycles. The van der Waals surface area contributed by atoms with Crippen LogP contribution in [0.2, 0.25) is 0 Å². The Morgan fingerprint density at radius 2 is 1.85 bits per heavy atom. The van der Waals surface area contributed by atoms with E-state index >= 15 is 0 Å². The molecular weight excluding hydrogens is 444 g/mol. The summed E-state index contributed by atoms with van der Waals surface area (Å²) in [6.07, 6.45) is 7.00. The lowest BCUT2D eigenvalue weighted by Crippen LogP contribution is -2.43. The van der Waals surface area contributed by atoms with Crippen LogP contribution in [0.3, 0.4) is 0 Å². The van der Waals surface area contributed by atoms with Gasteiger partial charge in [0, 0.05) is 55.2 Å². The van der Waals surface area contributed by atoms with E-state index in [1.165, 1.54) is 18.5 Å². The van der Waals surface area contributed by atoms with Gasteiger partial charge in [0.15, 0.2) is 0 Å². The highest BCUT2D eigenvalue weighted by molar-refractivity contribution is 7.23. The van der Waals surface area contributed by atoms with Crippen molar-refractivity contribution in [3.63, 3.8) is 0 Å². The van der Waals surface area contributed by atoms with E-state index in [1.807, 2.05) is 43.9 Å². The topological polar surface area (TPSA) is 75.1 Å². The zero-order chi connectivity index (χ0) is 23.4. The van der Waals surface area contributed by atoms with Gasteiger partial charge in [0.2, 0.25) is 0 Å². The maximum Gasteiger partial charge on any atom is 0.258 e. The van der Waals surface area contributed by atoms with Crippen LogP contribution in [0, 0.1) is 13.8 Å². The van der Waals surface area contributed by atoms with Gasteiger partial charge in [-0.25, -0.2) is 0 Å². The number of piperidine rings is 1. The van der Waals surface area contributed by atoms with Crippen molar-refractivity contribution in [2.45, 2.75) is 51.6 Å². The molecule has 1 aromatic carbocycles. The molecule has 176 valence electrons. The monoisotopic (exact) mass is 474 g/mol. The minimum absolute atomic E-state index is 0.128. The third kappa shape index (κ3) is 4.05. The number of hydrogen-bond acceptors (Lipinski definition) is 6. The maximum atomic E-state index is 13.3. The fourth-order valence-electron chi connectivity index (χ4n) is 5.14. The van der Waals surface area contributed by atoms with E-state index in [1.54, 1.807) is 11.3 Å². The quantitative estimate of drug-likeness (QED) is 0.436. The Labute approximate surface area is 203 Å². The summed E-state index contributed by atoms with van der Waals surface area (Å²) < 4.78 is 2.92. The molecule has 4 aromatic rings. The molecule has 1 saturated heterocycles. The first-order chi connectivity index (χ1) is 16.4. The number of aromatic nitrogens is 3. The number of amides is 1. The van der Waals surface area contributed by atoms with E-state index in [4.69, 9.17) is 0 Å². The summed E-state index contributed by atoms with van der Waals surface area (Å²) >= 11 is 1.57. The number of benzene rings is 1. The van der Waals surface area contributed by atoms with Gasteiger partial charge in [0.1, 0.15) is 5.52 Å². The van der Waals surface area contributed by atoms with E-state index in [0.29, 0.717) is 11.6 Å². The van der Waals surface area contributed by atoms with Crippen molar-refractivity contribution in [3.05, 3.63) is 47.4 Å². The fourth-order valence-corrected chi connectivity index (χ4v) is 6.12. The second kappa shape index (κ2) is 8.36. The van der Waals surface area contributed by atoms with Gasteiger partial charge < -0.3 is 15.5 Å². The Kier molecular flexibility index (Phi) is 5.30. The first-order valence-electron chi connectivity index (χ1n) is 12.1. The van der Waals surface area contributed by atoms with Crippen LogP contribution in [-0.4, -0.2) is 45.8 Å². The lowest BCUT2D eigenvalue weighted by atomic mass is 10.0. The molecule has 8 heteroatoms. The Morgan fingerprint density at radius 3 is 2.62 bits per heavy atom. The molecule has 34 heavy (non-hydrogen) atoms. The summed E-state index contributed by atoms with van der Waals surface area (Å²) in [6.45, 7) is 6.05. The summed E-state index contributed by atoms with van der Waals surface area (Å²) in [4.78, 5) is 20.3.